The third-order valence-corrected chi connectivity index (χ3v) is 3.48. The third-order valence-electron chi connectivity index (χ3n) is 3.48. The second kappa shape index (κ2) is 10.9. The maximum Gasteiger partial charge on any atom is 0.408 e. The van der Waals surface area contributed by atoms with Gasteiger partial charge in [-0.15, -0.1) is 0 Å². The van der Waals surface area contributed by atoms with Crippen LogP contribution >= 0.6 is 0 Å². The fourth-order valence-corrected chi connectivity index (χ4v) is 2.03. The quantitative estimate of drug-likeness (QED) is 0.444. The molecule has 7 nitrogen and oxygen atoms in total. The minimum absolute atomic E-state index is 0.0754. The number of benzene rings is 1. The first kappa shape index (κ1) is 20.2. The van der Waals surface area contributed by atoms with Gasteiger partial charge in [0.15, 0.2) is 0 Å². The number of ether oxygens (including phenoxy) is 1. The third kappa shape index (κ3) is 8.55. The van der Waals surface area contributed by atoms with Crippen LogP contribution in [0.4, 0.5) is 4.79 Å². The molecule has 25 heavy (non-hydrogen) atoms. The predicted molar refractivity (Wildman–Crippen MR) is 93.0 cm³/mol. The van der Waals surface area contributed by atoms with Gasteiger partial charge in [0, 0.05) is 6.54 Å². The molecule has 0 radical (unpaired) electrons. The first-order valence-electron chi connectivity index (χ1n) is 8.04. The van der Waals surface area contributed by atoms with E-state index in [0.717, 1.165) is 11.1 Å². The van der Waals surface area contributed by atoms with E-state index >= 15 is 0 Å². The number of alkyl carbamates (subject to hydrolysis) is 1. The van der Waals surface area contributed by atoms with Crippen molar-refractivity contribution in [2.75, 3.05) is 6.54 Å². The number of nitrogens with one attached hydrogen (secondary N) is 2. The van der Waals surface area contributed by atoms with Crippen molar-refractivity contribution in [1.29, 1.82) is 0 Å². The van der Waals surface area contributed by atoms with Crippen LogP contribution in [0, 0.1) is 6.92 Å². The van der Waals surface area contributed by atoms with E-state index in [9.17, 15) is 14.4 Å². The van der Waals surface area contributed by atoms with Gasteiger partial charge < -0.3 is 20.5 Å². The Labute approximate surface area is 147 Å². The summed E-state index contributed by atoms with van der Waals surface area (Å²) in [5.74, 6) is -1.39. The molecule has 0 bridgehead atoms. The molecule has 3 N–H and O–H groups in total. The SMILES string of the molecule is C=CC(=O)NCCCC[C@H](NC(=O)OCc1ccc(C)cc1)C(=O)O. The van der Waals surface area contributed by atoms with Gasteiger partial charge in [0.25, 0.3) is 0 Å². The van der Waals surface area contributed by atoms with Crippen LogP contribution in [0.25, 0.3) is 0 Å². The van der Waals surface area contributed by atoms with Gasteiger partial charge in [0.1, 0.15) is 12.6 Å². The van der Waals surface area contributed by atoms with Crippen LogP contribution in [-0.4, -0.2) is 35.7 Å². The zero-order valence-electron chi connectivity index (χ0n) is 14.3. The molecule has 1 aromatic carbocycles. The molecule has 1 atom stereocenters. The number of carbonyl (C=O) groups is 3. The lowest BCUT2D eigenvalue weighted by Crippen LogP contribution is -2.41. The van der Waals surface area contributed by atoms with Crippen molar-refractivity contribution >= 4 is 18.0 Å². The number of aliphatic carboxylic acids is 1. The number of rotatable bonds is 10. The summed E-state index contributed by atoms with van der Waals surface area (Å²) in [6.45, 7) is 5.79. The number of carboxylic acid groups (broad SMARTS) is 1. The van der Waals surface area contributed by atoms with Crippen LogP contribution in [0.5, 0.6) is 0 Å². The van der Waals surface area contributed by atoms with E-state index in [-0.39, 0.29) is 18.9 Å². The fourth-order valence-electron chi connectivity index (χ4n) is 2.03. The Morgan fingerprint density at radius 1 is 1.24 bits per heavy atom. The largest absolute Gasteiger partial charge is 0.480 e. The number of hydrogen-bond donors (Lipinski definition) is 3. The molecule has 0 aliphatic carbocycles. The van der Waals surface area contributed by atoms with Gasteiger partial charge in [-0.1, -0.05) is 36.4 Å². The molecular formula is C18H24N2O5. The molecule has 0 saturated heterocycles. The van der Waals surface area contributed by atoms with Crippen LogP contribution in [0.3, 0.4) is 0 Å². The number of carboxylic acids is 1. The molecule has 2 amide bonds. The van der Waals surface area contributed by atoms with Crippen molar-refractivity contribution < 1.29 is 24.2 Å². The molecule has 136 valence electrons. The Kier molecular flexibility index (Phi) is 8.78. The molecule has 0 fully saturated rings. The summed E-state index contributed by atoms with van der Waals surface area (Å²) in [7, 11) is 0. The zero-order valence-corrected chi connectivity index (χ0v) is 14.3. The molecule has 0 aromatic heterocycles. The summed E-state index contributed by atoms with van der Waals surface area (Å²) in [5.41, 5.74) is 1.93. The lowest BCUT2D eigenvalue weighted by atomic mass is 10.1. The lowest BCUT2D eigenvalue weighted by Gasteiger charge is -2.14. The van der Waals surface area contributed by atoms with Gasteiger partial charge in [0.2, 0.25) is 5.91 Å². The molecule has 1 aromatic rings. The smallest absolute Gasteiger partial charge is 0.408 e. The summed E-state index contributed by atoms with van der Waals surface area (Å²) in [4.78, 5) is 33.9. The number of carbonyl (C=O) groups excluding carboxylic acids is 2. The van der Waals surface area contributed by atoms with Gasteiger partial charge in [-0.25, -0.2) is 9.59 Å². The molecule has 7 heteroatoms. The maximum atomic E-state index is 11.8. The average molecular weight is 348 g/mol. The van der Waals surface area contributed by atoms with Crippen LogP contribution < -0.4 is 10.6 Å². The van der Waals surface area contributed by atoms with E-state index in [1.54, 1.807) is 0 Å². The standard InChI is InChI=1S/C18H24N2O5/c1-3-16(21)19-11-5-4-6-15(17(22)23)20-18(24)25-12-14-9-7-13(2)8-10-14/h3,7-10,15H,1,4-6,11-12H2,2H3,(H,19,21)(H,20,24)(H,22,23)/t15-/m0/s1. The molecule has 0 spiro atoms. The van der Waals surface area contributed by atoms with Crippen molar-refractivity contribution in [2.45, 2.75) is 38.8 Å². The molecule has 0 heterocycles. The summed E-state index contributed by atoms with van der Waals surface area (Å²) in [6.07, 6.45) is 1.79. The minimum atomic E-state index is -1.12. The van der Waals surface area contributed by atoms with E-state index in [4.69, 9.17) is 9.84 Å². The first-order chi connectivity index (χ1) is 11.9. The Morgan fingerprint density at radius 3 is 2.52 bits per heavy atom. The number of aryl methyl sites for hydroxylation is 1. The van der Waals surface area contributed by atoms with Gasteiger partial charge in [-0.05, 0) is 37.8 Å². The zero-order chi connectivity index (χ0) is 18.7. The predicted octanol–water partition coefficient (Wildman–Crippen LogP) is 2.15. The molecule has 1 rings (SSSR count). The van der Waals surface area contributed by atoms with Crippen molar-refractivity contribution in [1.82, 2.24) is 10.6 Å². The minimum Gasteiger partial charge on any atom is -0.480 e. The van der Waals surface area contributed by atoms with Gasteiger partial charge in [-0.3, -0.25) is 4.79 Å². The van der Waals surface area contributed by atoms with Crippen molar-refractivity contribution in [2.24, 2.45) is 0 Å². The molecule has 0 saturated carbocycles. The summed E-state index contributed by atoms with van der Waals surface area (Å²) >= 11 is 0. The Balaban J connectivity index is 2.31. The number of unbranched alkanes of at least 4 members (excludes halogenated alkanes) is 1. The number of amides is 2. The highest BCUT2D eigenvalue weighted by Crippen LogP contribution is 2.06. The van der Waals surface area contributed by atoms with E-state index in [2.05, 4.69) is 17.2 Å². The van der Waals surface area contributed by atoms with E-state index in [1.807, 2.05) is 31.2 Å². The molecule has 0 unspecified atom stereocenters. The average Bonchev–Trinajstić information content (AvgIpc) is 2.59. The number of hydrogen-bond acceptors (Lipinski definition) is 4. The Hall–Kier alpha value is -2.83. The molecule has 0 aliphatic rings. The molecular weight excluding hydrogens is 324 g/mol. The van der Waals surface area contributed by atoms with E-state index in [1.165, 1.54) is 6.08 Å². The maximum absolute atomic E-state index is 11.8. The van der Waals surface area contributed by atoms with Crippen molar-refractivity contribution in [3.8, 4) is 0 Å². The van der Waals surface area contributed by atoms with Crippen molar-refractivity contribution in [3.05, 3.63) is 48.0 Å². The Morgan fingerprint density at radius 2 is 1.92 bits per heavy atom. The van der Waals surface area contributed by atoms with Gasteiger partial charge in [0.05, 0.1) is 0 Å². The van der Waals surface area contributed by atoms with Crippen LogP contribution in [0.1, 0.15) is 30.4 Å². The first-order valence-corrected chi connectivity index (χ1v) is 8.04. The lowest BCUT2D eigenvalue weighted by molar-refractivity contribution is -0.139. The highest BCUT2D eigenvalue weighted by Gasteiger charge is 2.20. The van der Waals surface area contributed by atoms with Crippen LogP contribution in [0.15, 0.2) is 36.9 Å². The highest BCUT2D eigenvalue weighted by atomic mass is 16.5. The summed E-state index contributed by atoms with van der Waals surface area (Å²) in [6, 6.07) is 6.47. The topological polar surface area (TPSA) is 105 Å². The normalized spacial score (nSPS) is 11.2. The van der Waals surface area contributed by atoms with Gasteiger partial charge in [-0.2, -0.15) is 0 Å². The van der Waals surface area contributed by atoms with Crippen molar-refractivity contribution in [3.63, 3.8) is 0 Å². The van der Waals surface area contributed by atoms with Gasteiger partial charge >= 0.3 is 12.1 Å². The summed E-state index contributed by atoms with van der Waals surface area (Å²) < 4.78 is 5.04. The highest BCUT2D eigenvalue weighted by molar-refractivity contribution is 5.86. The summed E-state index contributed by atoms with van der Waals surface area (Å²) in [5, 5.41) is 14.1. The monoisotopic (exact) mass is 348 g/mol. The van der Waals surface area contributed by atoms with E-state index < -0.39 is 18.1 Å². The second-order valence-electron chi connectivity index (χ2n) is 5.59. The van der Waals surface area contributed by atoms with E-state index in [0.29, 0.717) is 19.4 Å². The van der Waals surface area contributed by atoms with Crippen LogP contribution in [-0.2, 0) is 20.9 Å². The second-order valence-corrected chi connectivity index (χ2v) is 5.59. The molecule has 0 aliphatic heterocycles. The fraction of sp³-hybridized carbons (Fsp3) is 0.389. The van der Waals surface area contributed by atoms with Crippen LogP contribution in [0.2, 0.25) is 0 Å². The Bertz CT molecular complexity index is 598.